The quantitative estimate of drug-likeness (QED) is 0.238. The summed E-state index contributed by atoms with van der Waals surface area (Å²) in [5.41, 5.74) is -0.0320. The molecule has 5 nitrogen and oxygen atoms in total. The van der Waals surface area contributed by atoms with Crippen LogP contribution < -0.4 is 20.1 Å². The Morgan fingerprint density at radius 2 is 1.27 bits per heavy atom. The maximum absolute atomic E-state index is 13.1. The van der Waals surface area contributed by atoms with Crippen molar-refractivity contribution < 1.29 is 40.6 Å². The summed E-state index contributed by atoms with van der Waals surface area (Å²) >= 11 is 0. The molecule has 40 heavy (non-hydrogen) atoms. The second kappa shape index (κ2) is 13.0. The summed E-state index contributed by atoms with van der Waals surface area (Å²) in [4.78, 5) is 12.7. The molecule has 3 aromatic rings. The van der Waals surface area contributed by atoms with Gasteiger partial charge in [-0.1, -0.05) is 68.4 Å². The number of alkyl halides is 6. The van der Waals surface area contributed by atoms with Crippen LogP contribution in [0.2, 0.25) is 0 Å². The standard InChI is InChI=1S/C29H30F6N2O3/c1-20(2)14-15-36-26(38)37-19-27(18-21-8-4-3-5-9-21,22-10-6-12-24(16-22)39-28(30,31)32)23-11-7-13-25(17-23)40-29(33,34)35/h3-13,16-17,20H,14-15,18-19H2,1-2H3,(H2,36,37,38). The molecule has 2 amide bonds. The van der Waals surface area contributed by atoms with Gasteiger partial charge in [0.2, 0.25) is 0 Å². The first-order valence-electron chi connectivity index (χ1n) is 12.5. The third kappa shape index (κ3) is 9.39. The lowest BCUT2D eigenvalue weighted by Crippen LogP contribution is -2.47. The van der Waals surface area contributed by atoms with Gasteiger partial charge in [0.1, 0.15) is 11.5 Å². The number of halogens is 6. The van der Waals surface area contributed by atoms with Gasteiger partial charge in [-0.25, -0.2) is 4.79 Å². The molecule has 0 spiro atoms. The van der Waals surface area contributed by atoms with Gasteiger partial charge in [0.15, 0.2) is 0 Å². The Morgan fingerprint density at radius 1 is 0.750 bits per heavy atom. The van der Waals surface area contributed by atoms with Gasteiger partial charge in [-0.05, 0) is 59.7 Å². The van der Waals surface area contributed by atoms with Crippen molar-refractivity contribution in [2.75, 3.05) is 13.1 Å². The summed E-state index contributed by atoms with van der Waals surface area (Å²) in [7, 11) is 0. The molecule has 0 aliphatic rings. The van der Waals surface area contributed by atoms with E-state index in [1.165, 1.54) is 24.3 Å². The lowest BCUT2D eigenvalue weighted by atomic mass is 9.70. The van der Waals surface area contributed by atoms with Crippen molar-refractivity contribution >= 4 is 6.03 Å². The summed E-state index contributed by atoms with van der Waals surface area (Å²) in [5.74, 6) is -0.678. The van der Waals surface area contributed by atoms with Gasteiger partial charge >= 0.3 is 18.8 Å². The molecule has 3 aromatic carbocycles. The van der Waals surface area contributed by atoms with Crippen LogP contribution in [0.25, 0.3) is 0 Å². The number of benzene rings is 3. The highest BCUT2D eigenvalue weighted by Crippen LogP contribution is 2.39. The predicted octanol–water partition coefficient (Wildman–Crippen LogP) is 7.36. The molecule has 0 atom stereocenters. The van der Waals surface area contributed by atoms with Crippen molar-refractivity contribution in [2.24, 2.45) is 5.92 Å². The predicted molar refractivity (Wildman–Crippen MR) is 138 cm³/mol. The smallest absolute Gasteiger partial charge is 0.406 e. The highest BCUT2D eigenvalue weighted by atomic mass is 19.4. The van der Waals surface area contributed by atoms with Crippen molar-refractivity contribution in [3.05, 3.63) is 95.6 Å². The van der Waals surface area contributed by atoms with E-state index in [-0.39, 0.29) is 24.1 Å². The molecule has 11 heteroatoms. The number of rotatable bonds is 11. The van der Waals surface area contributed by atoms with Crippen molar-refractivity contribution in [1.29, 1.82) is 0 Å². The lowest BCUT2D eigenvalue weighted by molar-refractivity contribution is -0.275. The molecule has 0 heterocycles. The summed E-state index contributed by atoms with van der Waals surface area (Å²) < 4.78 is 86.7. The number of amides is 2. The Hall–Kier alpha value is -3.89. The highest BCUT2D eigenvalue weighted by molar-refractivity contribution is 5.74. The molecule has 0 bridgehead atoms. The minimum Gasteiger partial charge on any atom is -0.406 e. The number of carbonyl (C=O) groups excluding carboxylic acids is 1. The molecule has 216 valence electrons. The molecule has 0 fully saturated rings. The second-order valence-corrected chi connectivity index (χ2v) is 9.69. The number of hydrogen-bond donors (Lipinski definition) is 2. The molecule has 0 saturated carbocycles. The minimum atomic E-state index is -4.96. The normalized spacial score (nSPS) is 12.2. The first-order valence-corrected chi connectivity index (χ1v) is 12.5. The zero-order valence-electron chi connectivity index (χ0n) is 21.9. The van der Waals surface area contributed by atoms with Gasteiger partial charge in [-0.15, -0.1) is 26.3 Å². The van der Waals surface area contributed by atoms with Gasteiger partial charge in [0.05, 0.1) is 0 Å². The monoisotopic (exact) mass is 568 g/mol. The zero-order chi connectivity index (χ0) is 29.4. The molecule has 0 aliphatic heterocycles. The van der Waals surface area contributed by atoms with Gasteiger partial charge in [-0.3, -0.25) is 0 Å². The van der Waals surface area contributed by atoms with Crippen LogP contribution in [0.5, 0.6) is 11.5 Å². The summed E-state index contributed by atoms with van der Waals surface area (Å²) in [6, 6.07) is 18.7. The average molecular weight is 569 g/mol. The molecule has 0 aliphatic carbocycles. The number of ether oxygens (including phenoxy) is 2. The fraction of sp³-hybridized carbons (Fsp3) is 0.345. The lowest BCUT2D eigenvalue weighted by Gasteiger charge is -2.36. The van der Waals surface area contributed by atoms with Crippen LogP contribution in [-0.2, 0) is 11.8 Å². The fourth-order valence-corrected chi connectivity index (χ4v) is 4.33. The third-order valence-electron chi connectivity index (χ3n) is 6.15. The van der Waals surface area contributed by atoms with E-state index in [0.29, 0.717) is 12.5 Å². The molecule has 0 unspecified atom stereocenters. The van der Waals surface area contributed by atoms with Crippen molar-refractivity contribution in [2.45, 2.75) is 44.8 Å². The summed E-state index contributed by atoms with van der Waals surface area (Å²) in [6.07, 6.45) is -9.09. The minimum absolute atomic E-state index is 0.116. The van der Waals surface area contributed by atoms with E-state index in [1.807, 2.05) is 13.8 Å². The Morgan fingerprint density at radius 3 is 1.75 bits per heavy atom. The summed E-state index contributed by atoms with van der Waals surface area (Å²) in [6.45, 7) is 4.21. The molecular formula is C29H30F6N2O3. The number of carbonyl (C=O) groups is 1. The van der Waals surface area contributed by atoms with Crippen LogP contribution in [0.1, 0.15) is 37.0 Å². The van der Waals surface area contributed by atoms with Crippen LogP contribution in [0.3, 0.4) is 0 Å². The molecule has 2 N–H and O–H groups in total. The Labute approximate surface area is 228 Å². The maximum atomic E-state index is 13.1. The number of hydrogen-bond acceptors (Lipinski definition) is 3. The molecule has 3 rings (SSSR count). The van der Waals surface area contributed by atoms with Crippen LogP contribution >= 0.6 is 0 Å². The maximum Gasteiger partial charge on any atom is 0.573 e. The fourth-order valence-electron chi connectivity index (χ4n) is 4.33. The van der Waals surface area contributed by atoms with Gasteiger partial charge in [0.25, 0.3) is 0 Å². The first kappa shape index (κ1) is 30.6. The average Bonchev–Trinajstić information content (AvgIpc) is 2.85. The zero-order valence-corrected chi connectivity index (χ0v) is 21.9. The molecule has 0 aromatic heterocycles. The van der Waals surface area contributed by atoms with E-state index in [0.717, 1.165) is 24.1 Å². The Balaban J connectivity index is 2.14. The van der Waals surface area contributed by atoms with Crippen LogP contribution in [-0.4, -0.2) is 31.8 Å². The van der Waals surface area contributed by atoms with Crippen molar-refractivity contribution in [1.82, 2.24) is 10.6 Å². The van der Waals surface area contributed by atoms with E-state index in [9.17, 15) is 31.1 Å². The van der Waals surface area contributed by atoms with Crippen molar-refractivity contribution in [3.8, 4) is 11.5 Å². The Kier molecular flexibility index (Phi) is 9.94. The van der Waals surface area contributed by atoms with E-state index in [1.54, 1.807) is 42.5 Å². The SMILES string of the molecule is CC(C)CCNC(=O)NCC(Cc1ccccc1)(c1cccc(OC(F)(F)F)c1)c1cccc(OC(F)(F)F)c1. The van der Waals surface area contributed by atoms with Crippen LogP contribution in [0.15, 0.2) is 78.9 Å². The molecule has 0 saturated heterocycles. The first-order chi connectivity index (χ1) is 18.8. The molecular weight excluding hydrogens is 538 g/mol. The van der Waals surface area contributed by atoms with E-state index >= 15 is 0 Å². The van der Waals surface area contributed by atoms with E-state index in [2.05, 4.69) is 20.1 Å². The Bertz CT molecular complexity index is 1190. The third-order valence-corrected chi connectivity index (χ3v) is 6.15. The van der Waals surface area contributed by atoms with E-state index in [4.69, 9.17) is 0 Å². The van der Waals surface area contributed by atoms with Gasteiger partial charge < -0.3 is 20.1 Å². The summed E-state index contributed by atoms with van der Waals surface area (Å²) in [5, 5.41) is 5.52. The molecule has 0 radical (unpaired) electrons. The van der Waals surface area contributed by atoms with E-state index < -0.39 is 35.7 Å². The van der Waals surface area contributed by atoms with Crippen LogP contribution in [0.4, 0.5) is 31.1 Å². The van der Waals surface area contributed by atoms with Gasteiger partial charge in [0, 0.05) is 18.5 Å². The highest BCUT2D eigenvalue weighted by Gasteiger charge is 2.38. The largest absolute Gasteiger partial charge is 0.573 e. The van der Waals surface area contributed by atoms with Crippen LogP contribution in [0, 0.1) is 5.92 Å². The number of urea groups is 1. The number of nitrogens with one attached hydrogen (secondary N) is 2. The van der Waals surface area contributed by atoms with Crippen molar-refractivity contribution in [3.63, 3.8) is 0 Å². The van der Waals surface area contributed by atoms with Gasteiger partial charge in [-0.2, -0.15) is 0 Å². The second-order valence-electron chi connectivity index (χ2n) is 9.69. The topological polar surface area (TPSA) is 59.6 Å².